The fourth-order valence-corrected chi connectivity index (χ4v) is 4.26. The molecule has 1 aromatic heterocycles. The van der Waals surface area contributed by atoms with E-state index in [-0.39, 0.29) is 5.91 Å². The van der Waals surface area contributed by atoms with E-state index in [2.05, 4.69) is 21.6 Å². The molecule has 0 saturated heterocycles. The first kappa shape index (κ1) is 21.6. The summed E-state index contributed by atoms with van der Waals surface area (Å²) in [6, 6.07) is 12.1. The van der Waals surface area contributed by atoms with E-state index >= 15 is 0 Å². The number of anilines is 2. The fraction of sp³-hybridized carbons (Fsp3) is 0.500. The summed E-state index contributed by atoms with van der Waals surface area (Å²) in [6.45, 7) is 4.83. The van der Waals surface area contributed by atoms with Crippen LogP contribution in [0.4, 0.5) is 11.5 Å². The number of nitrogens with zero attached hydrogens (tertiary/aromatic N) is 2. The van der Waals surface area contributed by atoms with Crippen LogP contribution in [0.2, 0.25) is 0 Å². The summed E-state index contributed by atoms with van der Waals surface area (Å²) in [5.41, 5.74) is 2.16. The maximum Gasteiger partial charge on any atom is 0.233 e. The molecule has 2 aliphatic rings. The molecule has 1 aliphatic heterocycles. The summed E-state index contributed by atoms with van der Waals surface area (Å²) in [5, 5.41) is 6.61. The molecule has 0 radical (unpaired) electrons. The molecule has 0 spiro atoms. The Kier molecular flexibility index (Phi) is 6.43. The lowest BCUT2D eigenvalue weighted by Crippen LogP contribution is -2.56. The summed E-state index contributed by atoms with van der Waals surface area (Å²) >= 11 is 0. The standard InChI is InChI=1S/C24H32N4O3/c1-24(23(29)26-18-5-4-6-18)16-28(13-14-30-2)15-17-7-12-21(27-22(17)24)25-19-8-10-20(31-3)11-9-19/h7-12,18H,4-6,13-16H2,1-3H3,(H,25,27)(H,26,29). The highest BCUT2D eigenvalue weighted by Crippen LogP contribution is 2.35. The smallest absolute Gasteiger partial charge is 0.233 e. The number of aromatic nitrogens is 1. The molecule has 1 fully saturated rings. The number of hydrogen-bond donors (Lipinski definition) is 2. The van der Waals surface area contributed by atoms with E-state index in [9.17, 15) is 4.79 Å². The number of rotatable bonds is 8. The minimum absolute atomic E-state index is 0.0645. The second-order valence-electron chi connectivity index (χ2n) is 8.69. The van der Waals surface area contributed by atoms with Gasteiger partial charge < -0.3 is 20.1 Å². The topological polar surface area (TPSA) is 75.7 Å². The van der Waals surface area contributed by atoms with Crippen molar-refractivity contribution in [1.29, 1.82) is 0 Å². The lowest BCUT2D eigenvalue weighted by atomic mass is 9.78. The van der Waals surface area contributed by atoms with Crippen LogP contribution in [0, 0.1) is 0 Å². The zero-order valence-corrected chi connectivity index (χ0v) is 18.6. The molecule has 7 heteroatoms. The Morgan fingerprint density at radius 3 is 2.61 bits per heavy atom. The van der Waals surface area contributed by atoms with Crippen LogP contribution < -0.4 is 15.4 Å². The highest BCUT2D eigenvalue weighted by Gasteiger charge is 2.44. The highest BCUT2D eigenvalue weighted by atomic mass is 16.5. The number of nitrogens with one attached hydrogen (secondary N) is 2. The summed E-state index contributed by atoms with van der Waals surface area (Å²) in [5.74, 6) is 1.60. The third kappa shape index (κ3) is 4.67. The Labute approximate surface area is 184 Å². The van der Waals surface area contributed by atoms with Crippen LogP contribution in [-0.2, 0) is 21.5 Å². The van der Waals surface area contributed by atoms with Gasteiger partial charge in [0.1, 0.15) is 17.0 Å². The number of carbonyl (C=O) groups excluding carboxylic acids is 1. The van der Waals surface area contributed by atoms with Crippen LogP contribution in [0.15, 0.2) is 36.4 Å². The van der Waals surface area contributed by atoms with Crippen molar-refractivity contribution >= 4 is 17.4 Å². The molecule has 2 N–H and O–H groups in total. The molecule has 1 saturated carbocycles. The average Bonchev–Trinajstić information content (AvgIpc) is 2.75. The molecular formula is C24H32N4O3. The Bertz CT molecular complexity index is 914. The summed E-state index contributed by atoms with van der Waals surface area (Å²) in [6.07, 6.45) is 3.31. The first-order chi connectivity index (χ1) is 15.0. The molecule has 2 heterocycles. The molecule has 2 aromatic rings. The van der Waals surface area contributed by atoms with Gasteiger partial charge in [-0.25, -0.2) is 4.98 Å². The number of methoxy groups -OCH3 is 2. The van der Waals surface area contributed by atoms with Gasteiger partial charge in [-0.3, -0.25) is 9.69 Å². The molecule has 0 bridgehead atoms. The molecule has 1 aliphatic carbocycles. The predicted molar refractivity (Wildman–Crippen MR) is 121 cm³/mol. The van der Waals surface area contributed by atoms with Crippen molar-refractivity contribution in [3.05, 3.63) is 47.7 Å². The monoisotopic (exact) mass is 424 g/mol. The summed E-state index contributed by atoms with van der Waals surface area (Å²) in [4.78, 5) is 20.6. The van der Waals surface area contributed by atoms with Crippen LogP contribution in [0.3, 0.4) is 0 Å². The first-order valence-corrected chi connectivity index (χ1v) is 11.0. The van der Waals surface area contributed by atoms with Crippen molar-refractivity contribution in [2.75, 3.05) is 39.2 Å². The Morgan fingerprint density at radius 2 is 1.97 bits per heavy atom. The van der Waals surface area contributed by atoms with Gasteiger partial charge in [0.25, 0.3) is 0 Å². The lowest BCUT2D eigenvalue weighted by molar-refractivity contribution is -0.129. The normalized spacial score (nSPS) is 21.1. The number of hydrogen-bond acceptors (Lipinski definition) is 6. The van der Waals surface area contributed by atoms with Crippen LogP contribution in [-0.4, -0.2) is 55.7 Å². The van der Waals surface area contributed by atoms with Gasteiger partial charge in [0.2, 0.25) is 5.91 Å². The van der Waals surface area contributed by atoms with Crippen molar-refractivity contribution in [2.24, 2.45) is 0 Å². The van der Waals surface area contributed by atoms with E-state index in [1.807, 2.05) is 37.3 Å². The van der Waals surface area contributed by atoms with Crippen molar-refractivity contribution in [3.63, 3.8) is 0 Å². The van der Waals surface area contributed by atoms with E-state index in [1.54, 1.807) is 14.2 Å². The molecule has 166 valence electrons. The molecule has 1 amide bonds. The van der Waals surface area contributed by atoms with Crippen molar-refractivity contribution in [3.8, 4) is 5.75 Å². The molecular weight excluding hydrogens is 392 g/mol. The van der Waals surface area contributed by atoms with Crippen molar-refractivity contribution < 1.29 is 14.3 Å². The van der Waals surface area contributed by atoms with Gasteiger partial charge in [-0.2, -0.15) is 0 Å². The molecule has 1 aromatic carbocycles. The van der Waals surface area contributed by atoms with E-state index < -0.39 is 5.41 Å². The average molecular weight is 425 g/mol. The SMILES string of the molecule is COCCN1Cc2ccc(Nc3ccc(OC)cc3)nc2C(C)(C(=O)NC2CCC2)C1. The highest BCUT2D eigenvalue weighted by molar-refractivity contribution is 5.88. The maximum atomic E-state index is 13.4. The number of amides is 1. The molecule has 1 atom stereocenters. The van der Waals surface area contributed by atoms with Crippen LogP contribution >= 0.6 is 0 Å². The number of carbonyl (C=O) groups is 1. The van der Waals surface area contributed by atoms with Gasteiger partial charge in [0, 0.05) is 38.5 Å². The van der Waals surface area contributed by atoms with Gasteiger partial charge in [-0.05, 0) is 62.1 Å². The zero-order valence-electron chi connectivity index (χ0n) is 18.6. The van der Waals surface area contributed by atoms with Crippen LogP contribution in [0.25, 0.3) is 0 Å². The quantitative estimate of drug-likeness (QED) is 0.678. The number of benzene rings is 1. The Morgan fingerprint density at radius 1 is 1.19 bits per heavy atom. The van der Waals surface area contributed by atoms with Gasteiger partial charge in [0.15, 0.2) is 0 Å². The molecule has 4 rings (SSSR count). The first-order valence-electron chi connectivity index (χ1n) is 11.0. The fourth-order valence-electron chi connectivity index (χ4n) is 4.26. The molecule has 1 unspecified atom stereocenters. The second kappa shape index (κ2) is 9.24. The van der Waals surface area contributed by atoms with Crippen LogP contribution in [0.5, 0.6) is 5.75 Å². The van der Waals surface area contributed by atoms with Gasteiger partial charge in [-0.15, -0.1) is 0 Å². The third-order valence-corrected chi connectivity index (χ3v) is 6.35. The Balaban J connectivity index is 1.61. The van der Waals surface area contributed by atoms with E-state index in [0.29, 0.717) is 19.2 Å². The third-order valence-electron chi connectivity index (χ3n) is 6.35. The van der Waals surface area contributed by atoms with Crippen molar-refractivity contribution in [2.45, 2.75) is 44.2 Å². The van der Waals surface area contributed by atoms with Gasteiger partial charge >= 0.3 is 0 Å². The van der Waals surface area contributed by atoms with E-state index in [0.717, 1.165) is 54.4 Å². The lowest BCUT2D eigenvalue weighted by Gasteiger charge is -2.41. The molecule has 7 nitrogen and oxygen atoms in total. The van der Waals surface area contributed by atoms with E-state index in [4.69, 9.17) is 14.5 Å². The van der Waals surface area contributed by atoms with Gasteiger partial charge in [0.05, 0.1) is 19.4 Å². The van der Waals surface area contributed by atoms with Crippen LogP contribution in [0.1, 0.15) is 37.4 Å². The largest absolute Gasteiger partial charge is 0.497 e. The van der Waals surface area contributed by atoms with E-state index in [1.165, 1.54) is 6.42 Å². The Hall–Kier alpha value is -2.64. The summed E-state index contributed by atoms with van der Waals surface area (Å²) in [7, 11) is 3.36. The maximum absolute atomic E-state index is 13.4. The molecule has 31 heavy (non-hydrogen) atoms. The predicted octanol–water partition coefficient (Wildman–Crippen LogP) is 3.22. The minimum atomic E-state index is -0.714. The number of fused-ring (bicyclic) bond motifs is 1. The number of pyridine rings is 1. The second-order valence-corrected chi connectivity index (χ2v) is 8.69. The summed E-state index contributed by atoms with van der Waals surface area (Å²) < 4.78 is 10.5. The van der Waals surface area contributed by atoms with Crippen molar-refractivity contribution in [1.82, 2.24) is 15.2 Å². The van der Waals surface area contributed by atoms with Gasteiger partial charge in [-0.1, -0.05) is 6.07 Å². The number of ether oxygens (including phenoxy) is 2. The zero-order chi connectivity index (χ0) is 21.8. The minimum Gasteiger partial charge on any atom is -0.497 e.